The molecule has 0 radical (unpaired) electrons. The topological polar surface area (TPSA) is 101 Å². The third kappa shape index (κ3) is 12.8. The van der Waals surface area contributed by atoms with E-state index >= 15 is 0 Å². The number of carboxylic acids is 2. The van der Waals surface area contributed by atoms with Gasteiger partial charge in [-0.05, 0) is 50.9 Å². The third-order valence-corrected chi connectivity index (χ3v) is 6.72. The summed E-state index contributed by atoms with van der Waals surface area (Å²) in [6.07, 6.45) is 18.8. The Labute approximate surface area is 200 Å². The molecule has 2 aliphatic rings. The average Bonchev–Trinajstić information content (AvgIpc) is 2.82. The molecule has 6 heteroatoms. The second-order valence-electron chi connectivity index (χ2n) is 9.63. The van der Waals surface area contributed by atoms with Gasteiger partial charge in [0.15, 0.2) is 0 Å². The lowest BCUT2D eigenvalue weighted by Gasteiger charge is -2.23. The van der Waals surface area contributed by atoms with Gasteiger partial charge in [-0.3, -0.25) is 9.59 Å². The molecule has 190 valence electrons. The number of hydrogen-bond donors (Lipinski definition) is 2. The van der Waals surface area contributed by atoms with Gasteiger partial charge in [0.2, 0.25) is 0 Å². The predicted molar refractivity (Wildman–Crippen MR) is 130 cm³/mol. The number of aliphatic carboxylic acids is 2. The van der Waals surface area contributed by atoms with Crippen molar-refractivity contribution in [1.82, 2.24) is 0 Å². The highest BCUT2D eigenvalue weighted by atomic mass is 16.5. The van der Waals surface area contributed by atoms with Gasteiger partial charge < -0.3 is 14.9 Å². The van der Waals surface area contributed by atoms with Crippen molar-refractivity contribution in [3.8, 4) is 0 Å². The van der Waals surface area contributed by atoms with Crippen LogP contribution in [0.1, 0.15) is 117 Å². The number of esters is 1. The molecule has 0 bridgehead atoms. The van der Waals surface area contributed by atoms with Crippen LogP contribution in [0.15, 0.2) is 11.6 Å². The molecule has 0 aromatic rings. The van der Waals surface area contributed by atoms with Crippen LogP contribution in [0.2, 0.25) is 0 Å². The zero-order chi connectivity index (χ0) is 24.5. The second-order valence-corrected chi connectivity index (χ2v) is 9.63. The first-order valence-electron chi connectivity index (χ1n) is 13.2. The molecule has 2 rings (SSSR count). The maximum atomic E-state index is 12.2. The quantitative estimate of drug-likeness (QED) is 0.187. The highest BCUT2D eigenvalue weighted by molar-refractivity contribution is 5.88. The van der Waals surface area contributed by atoms with E-state index in [0.29, 0.717) is 38.2 Å². The first kappa shape index (κ1) is 29.2. The molecule has 2 N–H and O–H groups in total. The van der Waals surface area contributed by atoms with Gasteiger partial charge in [-0.1, -0.05) is 77.7 Å². The fourth-order valence-electron chi connectivity index (χ4n) is 4.71. The van der Waals surface area contributed by atoms with E-state index in [0.717, 1.165) is 24.8 Å². The van der Waals surface area contributed by atoms with Gasteiger partial charge in [-0.2, -0.15) is 0 Å². The van der Waals surface area contributed by atoms with E-state index in [2.05, 4.69) is 19.9 Å². The molecular weight excluding hydrogens is 420 g/mol. The van der Waals surface area contributed by atoms with E-state index < -0.39 is 23.8 Å². The van der Waals surface area contributed by atoms with Crippen molar-refractivity contribution < 1.29 is 29.3 Å². The highest BCUT2D eigenvalue weighted by Gasteiger charge is 2.30. The van der Waals surface area contributed by atoms with Crippen LogP contribution in [-0.2, 0) is 19.1 Å². The van der Waals surface area contributed by atoms with Crippen molar-refractivity contribution in [3.05, 3.63) is 11.6 Å². The summed E-state index contributed by atoms with van der Waals surface area (Å²) in [5.41, 5.74) is 0.929. The summed E-state index contributed by atoms with van der Waals surface area (Å²) in [6.45, 7) is 4.94. The van der Waals surface area contributed by atoms with Gasteiger partial charge in [0.1, 0.15) is 0 Å². The van der Waals surface area contributed by atoms with E-state index in [1.165, 1.54) is 57.8 Å². The molecule has 2 saturated carbocycles. The minimum Gasteiger partial charge on any atom is -0.481 e. The number of carbonyl (C=O) groups is 3. The van der Waals surface area contributed by atoms with E-state index in [4.69, 9.17) is 14.9 Å². The van der Waals surface area contributed by atoms with E-state index in [-0.39, 0.29) is 5.97 Å². The van der Waals surface area contributed by atoms with Crippen molar-refractivity contribution in [3.63, 3.8) is 0 Å². The lowest BCUT2D eigenvalue weighted by atomic mass is 9.81. The molecule has 2 unspecified atom stereocenters. The summed E-state index contributed by atoms with van der Waals surface area (Å²) < 4.78 is 5.47. The summed E-state index contributed by atoms with van der Waals surface area (Å²) in [5, 5.41) is 17.3. The van der Waals surface area contributed by atoms with Crippen LogP contribution in [0, 0.1) is 17.8 Å². The number of carboxylic acid groups (broad SMARTS) is 2. The summed E-state index contributed by atoms with van der Waals surface area (Å²) in [6, 6.07) is 0. The molecule has 2 fully saturated rings. The lowest BCUT2D eigenvalue weighted by molar-refractivity contribution is -0.148. The normalized spacial score (nSPS) is 21.6. The van der Waals surface area contributed by atoms with Gasteiger partial charge in [0.05, 0.1) is 18.4 Å². The number of ether oxygens (including phenoxy) is 1. The van der Waals surface area contributed by atoms with Crippen LogP contribution in [0.25, 0.3) is 0 Å². The Balaban J connectivity index is 0.000000383. The highest BCUT2D eigenvalue weighted by Crippen LogP contribution is 2.29. The van der Waals surface area contributed by atoms with Crippen LogP contribution in [0.3, 0.4) is 0 Å². The number of carbonyl (C=O) groups excluding carboxylic acids is 1. The zero-order valence-corrected chi connectivity index (χ0v) is 20.9. The Kier molecular flexibility index (Phi) is 15.6. The lowest BCUT2D eigenvalue weighted by Crippen LogP contribution is -2.26. The van der Waals surface area contributed by atoms with Crippen molar-refractivity contribution in [2.75, 3.05) is 6.61 Å². The van der Waals surface area contributed by atoms with Crippen molar-refractivity contribution in [1.29, 1.82) is 0 Å². The van der Waals surface area contributed by atoms with E-state index in [9.17, 15) is 14.4 Å². The molecule has 0 heterocycles. The maximum absolute atomic E-state index is 12.2. The van der Waals surface area contributed by atoms with Gasteiger partial charge in [-0.25, -0.2) is 4.79 Å². The molecule has 2 aliphatic carbocycles. The third-order valence-electron chi connectivity index (χ3n) is 6.72. The summed E-state index contributed by atoms with van der Waals surface area (Å²) in [5.74, 6) is -2.06. The maximum Gasteiger partial charge on any atom is 0.333 e. The Bertz CT molecular complexity index is 586. The Morgan fingerprint density at radius 3 is 1.94 bits per heavy atom. The van der Waals surface area contributed by atoms with Crippen molar-refractivity contribution in [2.45, 2.75) is 117 Å². The molecule has 0 amide bonds. The Morgan fingerprint density at radius 2 is 1.39 bits per heavy atom. The second kappa shape index (κ2) is 17.6. The monoisotopic (exact) mass is 466 g/mol. The minimum absolute atomic E-state index is 0.0575. The summed E-state index contributed by atoms with van der Waals surface area (Å²) >= 11 is 0. The van der Waals surface area contributed by atoms with Crippen LogP contribution in [-0.4, -0.2) is 34.7 Å². The van der Waals surface area contributed by atoms with Crippen molar-refractivity contribution >= 4 is 17.9 Å². The summed E-state index contributed by atoms with van der Waals surface area (Å²) in [7, 11) is 0. The largest absolute Gasteiger partial charge is 0.481 e. The molecule has 0 aromatic heterocycles. The fraction of sp³-hybridized carbons (Fsp3) is 0.815. The Morgan fingerprint density at radius 1 is 0.788 bits per heavy atom. The van der Waals surface area contributed by atoms with Crippen molar-refractivity contribution in [2.24, 2.45) is 17.8 Å². The molecular formula is C27H46O6. The van der Waals surface area contributed by atoms with Crippen LogP contribution in [0.5, 0.6) is 0 Å². The number of rotatable bonds is 12. The van der Waals surface area contributed by atoms with Crippen LogP contribution >= 0.6 is 0 Å². The fourth-order valence-corrected chi connectivity index (χ4v) is 4.71. The molecule has 0 aromatic carbocycles. The van der Waals surface area contributed by atoms with Crippen LogP contribution in [0.4, 0.5) is 0 Å². The molecule has 0 spiro atoms. The van der Waals surface area contributed by atoms with E-state index in [1.807, 2.05) is 0 Å². The average molecular weight is 467 g/mol. The molecule has 6 nitrogen and oxygen atoms in total. The smallest absolute Gasteiger partial charge is 0.333 e. The van der Waals surface area contributed by atoms with Crippen LogP contribution < -0.4 is 0 Å². The molecule has 33 heavy (non-hydrogen) atoms. The summed E-state index contributed by atoms with van der Waals surface area (Å²) in [4.78, 5) is 33.3. The number of hydrogen-bond acceptors (Lipinski definition) is 4. The first-order chi connectivity index (χ1) is 15.9. The molecule has 0 aliphatic heterocycles. The van der Waals surface area contributed by atoms with Gasteiger partial charge >= 0.3 is 17.9 Å². The number of allylic oxidation sites excluding steroid dienone is 1. The number of unbranched alkanes of at least 4 members (excludes halogenated alkanes) is 4. The molecule has 2 atom stereocenters. The standard InChI is InChI=1S/C19H34O2.C8H12O4/c1-3-5-6-7-11-15-21-19(20)18(12-4-2)16-17-13-9-8-10-14-17;9-7(10)5-2-1-3-6(4-5)8(11)12/h16-17H,3-15H2,1-2H3;5-6H,1-4H2,(H,9,10)(H,11,12). The zero-order valence-electron chi connectivity index (χ0n) is 20.9. The predicted octanol–water partition coefficient (Wildman–Crippen LogP) is 6.77. The Hall–Kier alpha value is -1.85. The van der Waals surface area contributed by atoms with Gasteiger partial charge in [0, 0.05) is 5.57 Å². The molecule has 0 saturated heterocycles. The first-order valence-corrected chi connectivity index (χ1v) is 13.2. The van der Waals surface area contributed by atoms with E-state index in [1.54, 1.807) is 0 Å². The van der Waals surface area contributed by atoms with Gasteiger partial charge in [-0.15, -0.1) is 0 Å². The minimum atomic E-state index is -0.860. The SMILES string of the molecule is CCCCCCCOC(=O)C(=CC1CCCCC1)CCC.O=C(O)C1CCCC(C(=O)O)C1. The van der Waals surface area contributed by atoms with Gasteiger partial charge in [0.25, 0.3) is 0 Å².